The van der Waals surface area contributed by atoms with Crippen molar-refractivity contribution >= 4 is 43.9 Å². The van der Waals surface area contributed by atoms with Crippen LogP contribution in [0.25, 0.3) is 10.9 Å². The average Bonchev–Trinajstić information content (AvgIpc) is 3.53. The first-order valence-corrected chi connectivity index (χ1v) is 14.6. The monoisotopic (exact) mass is 542 g/mol. The zero-order valence-corrected chi connectivity index (χ0v) is 21.8. The fourth-order valence-electron chi connectivity index (χ4n) is 5.69. The molecular formula is C27H31FN4O5S. The Kier molecular flexibility index (Phi) is 6.32. The number of aromatic nitrogens is 1. The lowest BCUT2D eigenvalue weighted by molar-refractivity contribution is 0.0865. The number of halogens is 1. The van der Waals surface area contributed by atoms with E-state index in [-0.39, 0.29) is 0 Å². The molecule has 0 atom stereocenters. The van der Waals surface area contributed by atoms with Crippen molar-refractivity contribution in [2.45, 2.75) is 38.8 Å². The summed E-state index contributed by atoms with van der Waals surface area (Å²) < 4.78 is 49.2. The molecule has 2 aliphatic heterocycles. The summed E-state index contributed by atoms with van der Waals surface area (Å²) in [5, 5.41) is 12.7. The Morgan fingerprint density at radius 3 is 2.61 bits per heavy atom. The van der Waals surface area contributed by atoms with E-state index in [1.807, 2.05) is 10.6 Å². The molecule has 1 saturated heterocycles. The first kappa shape index (κ1) is 25.1. The lowest BCUT2D eigenvalue weighted by atomic mass is 9.93. The molecule has 1 aromatic heterocycles. The second-order valence-corrected chi connectivity index (χ2v) is 12.4. The third kappa shape index (κ3) is 4.85. The summed E-state index contributed by atoms with van der Waals surface area (Å²) in [6, 6.07) is 9.52. The van der Waals surface area contributed by atoms with Crippen LogP contribution in [0.15, 0.2) is 36.4 Å². The molecule has 1 aliphatic carbocycles. The second kappa shape index (κ2) is 9.55. The van der Waals surface area contributed by atoms with Crippen LogP contribution < -0.4 is 14.9 Å². The van der Waals surface area contributed by atoms with E-state index in [1.54, 1.807) is 12.1 Å². The maximum Gasteiger partial charge on any atom is 0.257 e. The van der Waals surface area contributed by atoms with Crippen molar-refractivity contribution in [2.75, 3.05) is 47.0 Å². The highest BCUT2D eigenvalue weighted by atomic mass is 32.2. The fraction of sp³-hybridized carbons (Fsp3) is 0.444. The molecular weight excluding hydrogens is 511 g/mol. The predicted octanol–water partition coefficient (Wildman–Crippen LogP) is 3.68. The van der Waals surface area contributed by atoms with Crippen LogP contribution >= 0.6 is 0 Å². The molecule has 2 aromatic carbocycles. The molecule has 0 bridgehead atoms. The molecule has 2 fully saturated rings. The third-order valence-corrected chi connectivity index (χ3v) is 9.29. The molecule has 1 amide bonds. The van der Waals surface area contributed by atoms with Gasteiger partial charge >= 0.3 is 0 Å². The molecule has 1 spiro atoms. The van der Waals surface area contributed by atoms with E-state index in [0.717, 1.165) is 37.0 Å². The third-order valence-electron chi connectivity index (χ3n) is 8.03. The van der Waals surface area contributed by atoms with Crippen molar-refractivity contribution in [3.05, 3.63) is 53.5 Å². The highest BCUT2D eigenvalue weighted by Crippen LogP contribution is 2.54. The quantitative estimate of drug-likeness (QED) is 0.420. The smallest absolute Gasteiger partial charge is 0.257 e. The second-order valence-electron chi connectivity index (χ2n) is 10.5. The number of nitrogens with zero attached hydrogens (tertiary/aromatic N) is 2. The standard InChI is InChI=1S/C27H31FN4O5S/c28-18-13-23(22-16-20-17-37-11-9-32(20)25(22)14-18)29-26(34)21-2-1-19(30-38(35,36)12-10-33)15-24(21)31-7-5-27(3-4-27)6-8-31/h1-2,13-16,30,33H,3-12,17H2,(H,29,34). The van der Waals surface area contributed by atoms with Crippen LogP contribution in [0.3, 0.4) is 0 Å². The van der Waals surface area contributed by atoms with Crippen LogP contribution in [-0.4, -0.2) is 56.1 Å². The van der Waals surface area contributed by atoms with Gasteiger partial charge in [0.05, 0.1) is 53.7 Å². The number of ether oxygens (including phenoxy) is 1. The molecule has 6 rings (SSSR count). The molecule has 3 heterocycles. The summed E-state index contributed by atoms with van der Waals surface area (Å²) in [6.07, 6.45) is 4.52. The maximum atomic E-state index is 14.6. The molecule has 1 saturated carbocycles. The van der Waals surface area contributed by atoms with E-state index in [1.165, 1.54) is 31.0 Å². The minimum absolute atomic E-state index is 0.324. The Hall–Kier alpha value is -3.15. The molecule has 0 radical (unpaired) electrons. The van der Waals surface area contributed by atoms with Gasteiger partial charge in [-0.05, 0) is 67.5 Å². The molecule has 11 heteroatoms. The van der Waals surface area contributed by atoms with Crippen molar-refractivity contribution in [2.24, 2.45) is 5.41 Å². The number of benzene rings is 2. The van der Waals surface area contributed by atoms with E-state index >= 15 is 0 Å². The van der Waals surface area contributed by atoms with Gasteiger partial charge in [0.25, 0.3) is 5.91 Å². The number of aliphatic hydroxyl groups excluding tert-OH is 1. The molecule has 3 aliphatic rings. The number of aliphatic hydroxyl groups is 1. The summed E-state index contributed by atoms with van der Waals surface area (Å²) in [6.45, 7) is 2.63. The van der Waals surface area contributed by atoms with E-state index < -0.39 is 34.1 Å². The van der Waals surface area contributed by atoms with Crippen molar-refractivity contribution in [3.8, 4) is 0 Å². The number of rotatable bonds is 7. The lowest BCUT2D eigenvalue weighted by Gasteiger charge is -2.35. The first-order valence-electron chi connectivity index (χ1n) is 13.0. The van der Waals surface area contributed by atoms with E-state index in [4.69, 9.17) is 9.84 Å². The van der Waals surface area contributed by atoms with Gasteiger partial charge in [-0.3, -0.25) is 9.52 Å². The van der Waals surface area contributed by atoms with Crippen LogP contribution in [0.5, 0.6) is 0 Å². The lowest BCUT2D eigenvalue weighted by Crippen LogP contribution is -2.35. The number of carbonyl (C=O) groups is 1. The Morgan fingerprint density at radius 1 is 1.08 bits per heavy atom. The van der Waals surface area contributed by atoms with Crippen molar-refractivity contribution in [1.82, 2.24) is 4.57 Å². The number of sulfonamides is 1. The van der Waals surface area contributed by atoms with Crippen molar-refractivity contribution in [3.63, 3.8) is 0 Å². The highest BCUT2D eigenvalue weighted by molar-refractivity contribution is 7.92. The minimum atomic E-state index is -3.73. The van der Waals surface area contributed by atoms with E-state index in [9.17, 15) is 17.6 Å². The van der Waals surface area contributed by atoms with Gasteiger partial charge in [-0.25, -0.2) is 12.8 Å². The van der Waals surface area contributed by atoms with Crippen LogP contribution in [0.2, 0.25) is 0 Å². The van der Waals surface area contributed by atoms with E-state index in [0.29, 0.717) is 53.3 Å². The number of hydrogen-bond donors (Lipinski definition) is 3. The van der Waals surface area contributed by atoms with Crippen molar-refractivity contribution in [1.29, 1.82) is 0 Å². The highest BCUT2D eigenvalue weighted by Gasteiger charge is 2.44. The average molecular weight is 543 g/mol. The largest absolute Gasteiger partial charge is 0.395 e. The number of fused-ring (bicyclic) bond motifs is 3. The number of hydrogen-bond acceptors (Lipinski definition) is 6. The Morgan fingerprint density at radius 2 is 1.87 bits per heavy atom. The number of carbonyl (C=O) groups excluding carboxylic acids is 1. The van der Waals surface area contributed by atoms with Gasteiger partial charge in [0.2, 0.25) is 10.0 Å². The predicted molar refractivity (Wildman–Crippen MR) is 144 cm³/mol. The Balaban J connectivity index is 1.34. The molecule has 9 nitrogen and oxygen atoms in total. The van der Waals surface area contributed by atoms with Crippen LogP contribution in [0.1, 0.15) is 41.7 Å². The normalized spacial score (nSPS) is 18.4. The minimum Gasteiger partial charge on any atom is -0.395 e. The molecule has 3 N–H and O–H groups in total. The fourth-order valence-corrected chi connectivity index (χ4v) is 6.51. The van der Waals surface area contributed by atoms with Crippen LogP contribution in [0, 0.1) is 11.2 Å². The van der Waals surface area contributed by atoms with Crippen LogP contribution in [-0.2, 0) is 27.9 Å². The zero-order chi connectivity index (χ0) is 26.5. The molecule has 202 valence electrons. The molecule has 0 unspecified atom stereocenters. The first-order chi connectivity index (χ1) is 18.3. The molecule has 38 heavy (non-hydrogen) atoms. The SMILES string of the molecule is O=C(Nc1cc(F)cc2c1cc1n2CCOC1)c1ccc(NS(=O)(=O)CCO)cc1N1CCC2(CC1)CC2. The molecule has 3 aromatic rings. The topological polar surface area (TPSA) is 113 Å². The van der Waals surface area contributed by atoms with Gasteiger partial charge in [0, 0.05) is 30.7 Å². The summed E-state index contributed by atoms with van der Waals surface area (Å²) in [7, 11) is -3.73. The van der Waals surface area contributed by atoms with Crippen LogP contribution in [0.4, 0.5) is 21.5 Å². The number of anilines is 3. The Labute approximate surface area is 220 Å². The van der Waals surface area contributed by atoms with Gasteiger partial charge < -0.3 is 24.6 Å². The summed E-state index contributed by atoms with van der Waals surface area (Å²) in [5.74, 6) is -1.26. The summed E-state index contributed by atoms with van der Waals surface area (Å²) in [5.41, 5.74) is 3.76. The van der Waals surface area contributed by atoms with E-state index in [2.05, 4.69) is 14.9 Å². The maximum absolute atomic E-state index is 14.6. The Bertz CT molecular complexity index is 1510. The van der Waals surface area contributed by atoms with Gasteiger partial charge in [-0.1, -0.05) is 0 Å². The zero-order valence-electron chi connectivity index (χ0n) is 21.0. The summed E-state index contributed by atoms with van der Waals surface area (Å²) in [4.78, 5) is 15.8. The number of nitrogens with one attached hydrogen (secondary N) is 2. The number of amides is 1. The van der Waals surface area contributed by atoms with Gasteiger partial charge in [-0.15, -0.1) is 0 Å². The van der Waals surface area contributed by atoms with Gasteiger partial charge in [-0.2, -0.15) is 0 Å². The van der Waals surface area contributed by atoms with Crippen molar-refractivity contribution < 1.29 is 27.4 Å². The van der Waals surface area contributed by atoms with Gasteiger partial charge in [0.1, 0.15) is 5.82 Å². The summed E-state index contributed by atoms with van der Waals surface area (Å²) >= 11 is 0. The number of piperidine rings is 1. The van der Waals surface area contributed by atoms with Gasteiger partial charge in [0.15, 0.2) is 0 Å².